The van der Waals surface area contributed by atoms with Crippen molar-refractivity contribution in [2.45, 2.75) is 45.7 Å². The van der Waals surface area contributed by atoms with Crippen LogP contribution < -0.4 is 0 Å². The van der Waals surface area contributed by atoms with E-state index in [0.717, 1.165) is 11.1 Å². The lowest BCUT2D eigenvalue weighted by Crippen LogP contribution is -2.37. The summed E-state index contributed by atoms with van der Waals surface area (Å²) in [6.07, 6.45) is 0.288. The summed E-state index contributed by atoms with van der Waals surface area (Å²) in [5.41, 5.74) is 2.11. The molecule has 5 nitrogen and oxygen atoms in total. The van der Waals surface area contributed by atoms with Gasteiger partial charge in [-0.2, -0.15) is 0 Å². The van der Waals surface area contributed by atoms with Crippen LogP contribution in [0.25, 0.3) is 0 Å². The van der Waals surface area contributed by atoms with E-state index in [1.165, 1.54) is 0 Å². The molecule has 5 heteroatoms. The summed E-state index contributed by atoms with van der Waals surface area (Å²) < 4.78 is 5.67. The number of hydrogen-bond donors (Lipinski definition) is 0. The fraction of sp³-hybridized carbons (Fsp3) is 0.318. The van der Waals surface area contributed by atoms with Gasteiger partial charge in [-0.3, -0.25) is 4.79 Å². The summed E-state index contributed by atoms with van der Waals surface area (Å²) in [7, 11) is 0. The van der Waals surface area contributed by atoms with Crippen molar-refractivity contribution >= 4 is 5.91 Å². The van der Waals surface area contributed by atoms with Crippen molar-refractivity contribution in [2.75, 3.05) is 0 Å². The van der Waals surface area contributed by atoms with Crippen molar-refractivity contribution in [3.63, 3.8) is 0 Å². The number of carbonyl (C=O) groups is 1. The molecule has 1 amide bonds. The first kappa shape index (κ1) is 18.8. The van der Waals surface area contributed by atoms with Gasteiger partial charge in [-0.1, -0.05) is 60.7 Å². The van der Waals surface area contributed by atoms with E-state index in [9.17, 15) is 4.79 Å². The molecule has 0 aliphatic rings. The van der Waals surface area contributed by atoms with Crippen molar-refractivity contribution in [1.29, 1.82) is 0 Å². The van der Waals surface area contributed by atoms with Gasteiger partial charge >= 0.3 is 0 Å². The summed E-state index contributed by atoms with van der Waals surface area (Å²) >= 11 is 0. The fourth-order valence-electron chi connectivity index (χ4n) is 3.12. The number of aryl methyl sites for hydroxylation is 1. The lowest BCUT2D eigenvalue weighted by molar-refractivity contribution is -0.133. The van der Waals surface area contributed by atoms with Crippen LogP contribution in [-0.2, 0) is 11.3 Å². The minimum absolute atomic E-state index is 0.0681. The van der Waals surface area contributed by atoms with Gasteiger partial charge < -0.3 is 9.32 Å². The van der Waals surface area contributed by atoms with E-state index in [4.69, 9.17) is 4.42 Å². The Morgan fingerprint density at radius 3 is 2.19 bits per heavy atom. The molecular weight excluding hydrogens is 338 g/mol. The first-order valence-corrected chi connectivity index (χ1v) is 9.23. The molecule has 0 aliphatic heterocycles. The molecule has 1 atom stereocenters. The van der Waals surface area contributed by atoms with Gasteiger partial charge in [0.15, 0.2) is 0 Å². The SMILES string of the molecule is Cc1nnc(C(CC(=O)N(Cc2ccccc2)C(C)C)c2ccccc2)o1. The third-order valence-electron chi connectivity index (χ3n) is 4.56. The summed E-state index contributed by atoms with van der Waals surface area (Å²) in [4.78, 5) is 15.1. The molecule has 1 unspecified atom stereocenters. The molecule has 0 saturated heterocycles. The molecular formula is C22H25N3O2. The molecule has 2 aromatic carbocycles. The van der Waals surface area contributed by atoms with Crippen molar-refractivity contribution in [3.05, 3.63) is 83.6 Å². The minimum atomic E-state index is -0.253. The van der Waals surface area contributed by atoms with Crippen molar-refractivity contribution in [3.8, 4) is 0 Å². The summed E-state index contributed by atoms with van der Waals surface area (Å²) in [6, 6.07) is 20.0. The maximum atomic E-state index is 13.2. The van der Waals surface area contributed by atoms with E-state index in [1.807, 2.05) is 79.4 Å². The van der Waals surface area contributed by atoms with Crippen LogP contribution in [0.3, 0.4) is 0 Å². The van der Waals surface area contributed by atoms with E-state index < -0.39 is 0 Å². The van der Waals surface area contributed by atoms with Gasteiger partial charge in [0, 0.05) is 25.9 Å². The summed E-state index contributed by atoms with van der Waals surface area (Å²) in [5.74, 6) is 0.800. The maximum absolute atomic E-state index is 13.2. The van der Waals surface area contributed by atoms with Gasteiger partial charge in [0.2, 0.25) is 17.7 Å². The second-order valence-electron chi connectivity index (χ2n) is 6.93. The number of carbonyl (C=O) groups excluding carboxylic acids is 1. The normalized spacial score (nSPS) is 12.1. The van der Waals surface area contributed by atoms with Gasteiger partial charge in [0.25, 0.3) is 0 Å². The third-order valence-corrected chi connectivity index (χ3v) is 4.56. The van der Waals surface area contributed by atoms with E-state index in [-0.39, 0.29) is 24.3 Å². The molecule has 3 aromatic rings. The van der Waals surface area contributed by atoms with Crippen molar-refractivity contribution in [2.24, 2.45) is 0 Å². The van der Waals surface area contributed by atoms with Crippen LogP contribution in [0.15, 0.2) is 65.1 Å². The second kappa shape index (κ2) is 8.62. The third kappa shape index (κ3) is 4.82. The first-order chi connectivity index (χ1) is 13.0. The molecule has 0 N–H and O–H groups in total. The number of benzene rings is 2. The molecule has 1 heterocycles. The first-order valence-electron chi connectivity index (χ1n) is 9.23. The van der Waals surface area contributed by atoms with Crippen molar-refractivity contribution < 1.29 is 9.21 Å². The second-order valence-corrected chi connectivity index (χ2v) is 6.93. The molecule has 1 aromatic heterocycles. The molecule has 3 rings (SSSR count). The molecule has 0 fully saturated rings. The highest BCUT2D eigenvalue weighted by Crippen LogP contribution is 2.28. The van der Waals surface area contributed by atoms with Gasteiger partial charge in [-0.15, -0.1) is 10.2 Å². The largest absolute Gasteiger partial charge is 0.425 e. The Hall–Kier alpha value is -2.95. The molecule has 0 saturated carbocycles. The molecule has 0 bridgehead atoms. The lowest BCUT2D eigenvalue weighted by atomic mass is 9.94. The van der Waals surface area contributed by atoms with E-state index in [1.54, 1.807) is 6.92 Å². The van der Waals surface area contributed by atoms with E-state index in [0.29, 0.717) is 18.3 Å². The zero-order valence-corrected chi connectivity index (χ0v) is 16.0. The maximum Gasteiger partial charge on any atom is 0.224 e. The smallest absolute Gasteiger partial charge is 0.224 e. The highest BCUT2D eigenvalue weighted by atomic mass is 16.4. The highest BCUT2D eigenvalue weighted by molar-refractivity contribution is 5.78. The minimum Gasteiger partial charge on any atom is -0.425 e. The highest BCUT2D eigenvalue weighted by Gasteiger charge is 2.27. The molecule has 140 valence electrons. The molecule has 0 radical (unpaired) electrons. The molecule has 0 aliphatic carbocycles. The summed E-state index contributed by atoms with van der Waals surface area (Å²) in [6.45, 7) is 6.42. The standard InChI is InChI=1S/C22H25N3O2/c1-16(2)25(15-18-10-6-4-7-11-18)21(26)14-20(19-12-8-5-9-13-19)22-24-23-17(3)27-22/h4-13,16,20H,14-15H2,1-3H3. The quantitative estimate of drug-likeness (QED) is 0.627. The van der Waals surface area contributed by atoms with E-state index >= 15 is 0 Å². The van der Waals surface area contributed by atoms with Crippen LogP contribution >= 0.6 is 0 Å². The Morgan fingerprint density at radius 1 is 1.00 bits per heavy atom. The average molecular weight is 363 g/mol. The van der Waals surface area contributed by atoms with Gasteiger partial charge in [0.05, 0.1) is 5.92 Å². The van der Waals surface area contributed by atoms with Crippen LogP contribution in [0.2, 0.25) is 0 Å². The summed E-state index contributed by atoms with van der Waals surface area (Å²) in [5, 5.41) is 8.12. The predicted molar refractivity (Wildman–Crippen MR) is 104 cm³/mol. The Balaban J connectivity index is 1.84. The lowest BCUT2D eigenvalue weighted by Gasteiger charge is -2.28. The zero-order valence-electron chi connectivity index (χ0n) is 16.0. The predicted octanol–water partition coefficient (Wildman–Crippen LogP) is 4.34. The molecule has 0 spiro atoms. The number of amides is 1. The Bertz CT molecular complexity index is 860. The topological polar surface area (TPSA) is 59.2 Å². The monoisotopic (exact) mass is 363 g/mol. The van der Waals surface area contributed by atoms with Crippen LogP contribution in [0.4, 0.5) is 0 Å². The van der Waals surface area contributed by atoms with Crippen molar-refractivity contribution in [1.82, 2.24) is 15.1 Å². The number of nitrogens with zero attached hydrogens (tertiary/aromatic N) is 3. The van der Waals surface area contributed by atoms with E-state index in [2.05, 4.69) is 10.2 Å². The van der Waals surface area contributed by atoms with Gasteiger partial charge in [0.1, 0.15) is 0 Å². The van der Waals surface area contributed by atoms with Crippen LogP contribution in [0.1, 0.15) is 49.1 Å². The zero-order chi connectivity index (χ0) is 19.2. The fourth-order valence-corrected chi connectivity index (χ4v) is 3.12. The molecule has 27 heavy (non-hydrogen) atoms. The Labute approximate surface area is 160 Å². The van der Waals surface area contributed by atoms with Crippen LogP contribution in [0.5, 0.6) is 0 Å². The van der Waals surface area contributed by atoms with Gasteiger partial charge in [-0.25, -0.2) is 0 Å². The van der Waals surface area contributed by atoms with Gasteiger partial charge in [-0.05, 0) is 25.0 Å². The Kier molecular flexibility index (Phi) is 6.01. The van der Waals surface area contributed by atoms with Crippen LogP contribution in [0, 0.1) is 6.92 Å². The number of hydrogen-bond acceptors (Lipinski definition) is 4. The number of rotatable bonds is 7. The average Bonchev–Trinajstić information content (AvgIpc) is 3.11. The number of aromatic nitrogens is 2. The van der Waals surface area contributed by atoms with Crippen LogP contribution in [-0.4, -0.2) is 27.0 Å². The Morgan fingerprint density at radius 2 is 1.63 bits per heavy atom.